The Labute approximate surface area is 111 Å². The number of para-hydroxylation sites is 1. The molecule has 0 aromatic heterocycles. The Morgan fingerprint density at radius 2 is 2.28 bits per heavy atom. The van der Waals surface area contributed by atoms with Crippen LogP contribution >= 0.6 is 0 Å². The quantitative estimate of drug-likeness (QED) is 0.633. The van der Waals surface area contributed by atoms with Crippen LogP contribution in [0.15, 0.2) is 36.9 Å². The molecular formula is C16H24N2. The molecule has 0 fully saturated rings. The molecule has 0 saturated heterocycles. The first kappa shape index (κ1) is 13.2. The third-order valence-electron chi connectivity index (χ3n) is 3.64. The highest BCUT2D eigenvalue weighted by molar-refractivity contribution is 5.56. The Kier molecular flexibility index (Phi) is 4.43. The van der Waals surface area contributed by atoms with Crippen molar-refractivity contribution in [3.8, 4) is 0 Å². The van der Waals surface area contributed by atoms with Gasteiger partial charge in [0.25, 0.3) is 0 Å². The van der Waals surface area contributed by atoms with Crippen molar-refractivity contribution in [2.75, 3.05) is 24.5 Å². The normalized spacial score (nSPS) is 20.3. The zero-order chi connectivity index (χ0) is 13.0. The summed E-state index contributed by atoms with van der Waals surface area (Å²) in [5.74, 6) is 0.738. The van der Waals surface area contributed by atoms with Gasteiger partial charge in [0.1, 0.15) is 0 Å². The number of benzene rings is 1. The first-order chi connectivity index (χ1) is 8.72. The Bertz CT molecular complexity index is 400. The van der Waals surface area contributed by atoms with Gasteiger partial charge in [0.15, 0.2) is 0 Å². The van der Waals surface area contributed by atoms with Crippen LogP contribution < -0.4 is 10.2 Å². The summed E-state index contributed by atoms with van der Waals surface area (Å²) in [5, 5.41) is 3.42. The molecule has 2 nitrogen and oxygen atoms in total. The number of anilines is 1. The summed E-state index contributed by atoms with van der Waals surface area (Å²) in [6, 6.07) is 9.34. The highest BCUT2D eigenvalue weighted by Crippen LogP contribution is 2.30. The maximum Gasteiger partial charge on any atom is 0.0401 e. The Morgan fingerprint density at radius 3 is 3.06 bits per heavy atom. The summed E-state index contributed by atoms with van der Waals surface area (Å²) in [6.07, 6.45) is 3.12. The standard InChI is InChI=1S/C16H24N2/c1-4-9-17-11-14(3)18-12-13(2)10-15-7-5-6-8-16(15)18/h4-8,13-14,17H,1,9-12H2,2-3H3. The van der Waals surface area contributed by atoms with Crippen LogP contribution in [0.4, 0.5) is 5.69 Å². The van der Waals surface area contributed by atoms with Crippen LogP contribution in [0.2, 0.25) is 0 Å². The molecule has 2 atom stereocenters. The van der Waals surface area contributed by atoms with E-state index in [1.807, 2.05) is 6.08 Å². The van der Waals surface area contributed by atoms with Gasteiger partial charge in [-0.3, -0.25) is 0 Å². The number of hydrogen-bond donors (Lipinski definition) is 1. The van der Waals surface area contributed by atoms with Gasteiger partial charge in [0.2, 0.25) is 0 Å². The second-order valence-corrected chi connectivity index (χ2v) is 5.39. The van der Waals surface area contributed by atoms with Crippen molar-refractivity contribution in [2.45, 2.75) is 26.3 Å². The lowest BCUT2D eigenvalue weighted by molar-refractivity contribution is 0.481. The maximum atomic E-state index is 3.74. The molecule has 1 aliphatic rings. The van der Waals surface area contributed by atoms with E-state index in [-0.39, 0.29) is 0 Å². The Hall–Kier alpha value is -1.28. The average molecular weight is 244 g/mol. The predicted octanol–water partition coefficient (Wildman–Crippen LogP) is 2.85. The maximum absolute atomic E-state index is 3.74. The molecule has 1 heterocycles. The van der Waals surface area contributed by atoms with Crippen molar-refractivity contribution in [1.82, 2.24) is 5.32 Å². The summed E-state index contributed by atoms with van der Waals surface area (Å²) in [4.78, 5) is 2.54. The highest BCUT2D eigenvalue weighted by atomic mass is 15.2. The number of rotatable bonds is 5. The predicted molar refractivity (Wildman–Crippen MR) is 79.2 cm³/mol. The molecule has 0 amide bonds. The van der Waals surface area contributed by atoms with E-state index in [0.29, 0.717) is 6.04 Å². The van der Waals surface area contributed by atoms with Gasteiger partial charge < -0.3 is 10.2 Å². The van der Waals surface area contributed by atoms with Crippen molar-refractivity contribution in [1.29, 1.82) is 0 Å². The average Bonchev–Trinajstić information content (AvgIpc) is 2.38. The minimum absolute atomic E-state index is 0.522. The summed E-state index contributed by atoms with van der Waals surface area (Å²) in [5.41, 5.74) is 2.91. The molecule has 1 N–H and O–H groups in total. The van der Waals surface area contributed by atoms with E-state index < -0.39 is 0 Å². The summed E-state index contributed by atoms with van der Waals surface area (Å²) >= 11 is 0. The molecule has 0 saturated carbocycles. The van der Waals surface area contributed by atoms with Gasteiger partial charge in [-0.1, -0.05) is 31.2 Å². The second kappa shape index (κ2) is 6.05. The lowest BCUT2D eigenvalue weighted by Gasteiger charge is -2.39. The molecule has 18 heavy (non-hydrogen) atoms. The molecule has 2 heteroatoms. The number of nitrogens with one attached hydrogen (secondary N) is 1. The molecule has 2 unspecified atom stereocenters. The van der Waals surface area contributed by atoms with Crippen LogP contribution in [0, 0.1) is 5.92 Å². The van der Waals surface area contributed by atoms with Crippen LogP contribution in [0.5, 0.6) is 0 Å². The molecule has 0 radical (unpaired) electrons. The van der Waals surface area contributed by atoms with Crippen molar-refractivity contribution in [3.05, 3.63) is 42.5 Å². The van der Waals surface area contributed by atoms with E-state index in [9.17, 15) is 0 Å². The Balaban J connectivity index is 2.10. The van der Waals surface area contributed by atoms with Crippen molar-refractivity contribution >= 4 is 5.69 Å². The number of fused-ring (bicyclic) bond motifs is 1. The van der Waals surface area contributed by atoms with Gasteiger partial charge >= 0.3 is 0 Å². The van der Waals surface area contributed by atoms with Gasteiger partial charge in [0, 0.05) is 31.4 Å². The SMILES string of the molecule is C=CCNCC(C)N1CC(C)Cc2ccccc21. The fourth-order valence-electron chi connectivity index (χ4n) is 2.76. The van der Waals surface area contributed by atoms with Crippen LogP contribution in [0.25, 0.3) is 0 Å². The van der Waals surface area contributed by atoms with Crippen LogP contribution in [0.1, 0.15) is 19.4 Å². The lowest BCUT2D eigenvalue weighted by atomic mass is 9.93. The molecular weight excluding hydrogens is 220 g/mol. The Morgan fingerprint density at radius 1 is 1.50 bits per heavy atom. The zero-order valence-electron chi connectivity index (χ0n) is 11.5. The van der Waals surface area contributed by atoms with Gasteiger partial charge in [-0.15, -0.1) is 6.58 Å². The van der Waals surface area contributed by atoms with E-state index in [1.165, 1.54) is 17.7 Å². The van der Waals surface area contributed by atoms with Crippen molar-refractivity contribution < 1.29 is 0 Å². The van der Waals surface area contributed by atoms with E-state index in [1.54, 1.807) is 0 Å². The minimum Gasteiger partial charge on any atom is -0.367 e. The summed E-state index contributed by atoms with van der Waals surface area (Å²) < 4.78 is 0. The first-order valence-electron chi connectivity index (χ1n) is 6.88. The van der Waals surface area contributed by atoms with Crippen LogP contribution in [0.3, 0.4) is 0 Å². The number of hydrogen-bond acceptors (Lipinski definition) is 2. The highest BCUT2D eigenvalue weighted by Gasteiger charge is 2.24. The summed E-state index contributed by atoms with van der Waals surface area (Å²) in [6.45, 7) is 11.4. The van der Waals surface area contributed by atoms with E-state index in [4.69, 9.17) is 0 Å². The lowest BCUT2D eigenvalue weighted by Crippen LogP contribution is -2.45. The van der Waals surface area contributed by atoms with Gasteiger partial charge in [-0.05, 0) is 30.9 Å². The van der Waals surface area contributed by atoms with E-state index in [0.717, 1.165) is 25.6 Å². The monoisotopic (exact) mass is 244 g/mol. The fraction of sp³-hybridized carbons (Fsp3) is 0.500. The molecule has 1 aliphatic heterocycles. The molecule has 0 aliphatic carbocycles. The van der Waals surface area contributed by atoms with Gasteiger partial charge in [0.05, 0.1) is 0 Å². The smallest absolute Gasteiger partial charge is 0.0401 e. The minimum atomic E-state index is 0.522. The number of nitrogens with zero attached hydrogens (tertiary/aromatic N) is 1. The van der Waals surface area contributed by atoms with Gasteiger partial charge in [-0.25, -0.2) is 0 Å². The molecule has 98 valence electrons. The molecule has 0 spiro atoms. The van der Waals surface area contributed by atoms with Crippen molar-refractivity contribution in [2.24, 2.45) is 5.92 Å². The molecule has 1 aromatic carbocycles. The topological polar surface area (TPSA) is 15.3 Å². The third-order valence-corrected chi connectivity index (χ3v) is 3.64. The molecule has 1 aromatic rings. The summed E-state index contributed by atoms with van der Waals surface area (Å²) in [7, 11) is 0. The van der Waals surface area contributed by atoms with E-state index >= 15 is 0 Å². The van der Waals surface area contributed by atoms with Crippen LogP contribution in [-0.2, 0) is 6.42 Å². The second-order valence-electron chi connectivity index (χ2n) is 5.39. The van der Waals surface area contributed by atoms with Gasteiger partial charge in [-0.2, -0.15) is 0 Å². The first-order valence-corrected chi connectivity index (χ1v) is 6.88. The van der Waals surface area contributed by atoms with Crippen molar-refractivity contribution in [3.63, 3.8) is 0 Å². The third kappa shape index (κ3) is 2.94. The molecule has 0 bridgehead atoms. The molecule has 2 rings (SSSR count). The zero-order valence-corrected chi connectivity index (χ0v) is 11.5. The largest absolute Gasteiger partial charge is 0.367 e. The fourth-order valence-corrected chi connectivity index (χ4v) is 2.76. The van der Waals surface area contributed by atoms with Crippen LogP contribution in [-0.4, -0.2) is 25.7 Å². The van der Waals surface area contributed by atoms with E-state index in [2.05, 4.69) is 54.9 Å².